The first-order valence-corrected chi connectivity index (χ1v) is 7.92. The smallest absolute Gasteiger partial charge is 0.229 e. The number of hydrogen-bond donors (Lipinski definition) is 1. The molecule has 0 aromatic carbocycles. The molecular formula is C15H28N4O. The lowest BCUT2D eigenvalue weighted by Gasteiger charge is -2.38. The van der Waals surface area contributed by atoms with E-state index in [2.05, 4.69) is 35.8 Å². The second kappa shape index (κ2) is 7.18. The maximum atomic E-state index is 5.95. The van der Waals surface area contributed by atoms with Gasteiger partial charge in [0.2, 0.25) is 5.89 Å². The predicted octanol–water partition coefficient (Wildman–Crippen LogP) is 2.53. The van der Waals surface area contributed by atoms with Gasteiger partial charge in [-0.15, -0.1) is 0 Å². The Kier molecular flexibility index (Phi) is 5.54. The fourth-order valence-corrected chi connectivity index (χ4v) is 3.16. The Balaban J connectivity index is 2.03. The zero-order valence-electron chi connectivity index (χ0n) is 13.0. The van der Waals surface area contributed by atoms with Gasteiger partial charge < -0.3 is 10.3 Å². The molecule has 0 radical (unpaired) electrons. The fraction of sp³-hybridized carbons (Fsp3) is 0.867. The van der Waals surface area contributed by atoms with Crippen molar-refractivity contribution in [3.05, 3.63) is 11.7 Å². The van der Waals surface area contributed by atoms with E-state index < -0.39 is 0 Å². The van der Waals surface area contributed by atoms with Gasteiger partial charge in [-0.05, 0) is 31.8 Å². The van der Waals surface area contributed by atoms with Gasteiger partial charge in [0.25, 0.3) is 0 Å². The highest BCUT2D eigenvalue weighted by atomic mass is 16.5. The van der Waals surface area contributed by atoms with Crippen molar-refractivity contribution in [2.45, 2.75) is 65.0 Å². The van der Waals surface area contributed by atoms with Gasteiger partial charge >= 0.3 is 0 Å². The van der Waals surface area contributed by atoms with Crippen LogP contribution >= 0.6 is 0 Å². The lowest BCUT2D eigenvalue weighted by Crippen LogP contribution is -2.44. The molecule has 1 aromatic rings. The summed E-state index contributed by atoms with van der Waals surface area (Å²) < 4.78 is 5.30. The molecular weight excluding hydrogens is 252 g/mol. The fourth-order valence-electron chi connectivity index (χ4n) is 3.16. The predicted molar refractivity (Wildman–Crippen MR) is 79.3 cm³/mol. The van der Waals surface area contributed by atoms with Crippen molar-refractivity contribution >= 4 is 0 Å². The summed E-state index contributed by atoms with van der Waals surface area (Å²) in [6, 6.07) is 0.569. The van der Waals surface area contributed by atoms with Crippen LogP contribution in [0.2, 0.25) is 0 Å². The van der Waals surface area contributed by atoms with Gasteiger partial charge in [0.1, 0.15) is 0 Å². The van der Waals surface area contributed by atoms with E-state index in [0.717, 1.165) is 31.3 Å². The molecule has 1 aromatic heterocycles. The van der Waals surface area contributed by atoms with E-state index in [9.17, 15) is 0 Å². The maximum Gasteiger partial charge on any atom is 0.229 e. The monoisotopic (exact) mass is 280 g/mol. The first kappa shape index (κ1) is 15.4. The maximum absolute atomic E-state index is 5.95. The summed E-state index contributed by atoms with van der Waals surface area (Å²) in [5.41, 5.74) is 5.95. The Morgan fingerprint density at radius 2 is 2.10 bits per heavy atom. The number of nitrogens with two attached hydrogens (primary N) is 1. The highest BCUT2D eigenvalue weighted by molar-refractivity contribution is 4.92. The van der Waals surface area contributed by atoms with E-state index >= 15 is 0 Å². The van der Waals surface area contributed by atoms with E-state index in [1.807, 2.05) is 0 Å². The Labute approximate surface area is 121 Å². The molecule has 114 valence electrons. The van der Waals surface area contributed by atoms with Crippen molar-refractivity contribution in [3.8, 4) is 0 Å². The average Bonchev–Trinajstić information content (AvgIpc) is 2.93. The van der Waals surface area contributed by atoms with Crippen LogP contribution in [-0.2, 0) is 6.54 Å². The first-order chi connectivity index (χ1) is 9.65. The van der Waals surface area contributed by atoms with Gasteiger partial charge in [-0.2, -0.15) is 4.98 Å². The first-order valence-electron chi connectivity index (χ1n) is 7.92. The van der Waals surface area contributed by atoms with Crippen LogP contribution in [0.5, 0.6) is 0 Å². The lowest BCUT2D eigenvalue weighted by atomic mass is 9.83. The van der Waals surface area contributed by atoms with E-state index in [0.29, 0.717) is 12.0 Å². The minimum atomic E-state index is 0.290. The van der Waals surface area contributed by atoms with Gasteiger partial charge in [-0.1, -0.05) is 38.8 Å². The van der Waals surface area contributed by atoms with Crippen LogP contribution in [-0.4, -0.2) is 34.2 Å². The van der Waals surface area contributed by atoms with E-state index in [-0.39, 0.29) is 5.92 Å². The minimum absolute atomic E-state index is 0.290. The molecule has 5 heteroatoms. The second-order valence-electron chi connectivity index (χ2n) is 6.11. The van der Waals surface area contributed by atoms with Gasteiger partial charge in [-0.3, -0.25) is 4.90 Å². The number of nitrogens with zero attached hydrogens (tertiary/aromatic N) is 3. The van der Waals surface area contributed by atoms with Gasteiger partial charge in [0.05, 0.1) is 6.54 Å². The molecule has 0 amide bonds. The molecule has 1 heterocycles. The van der Waals surface area contributed by atoms with Crippen LogP contribution in [0.4, 0.5) is 0 Å². The minimum Gasteiger partial charge on any atom is -0.339 e. The molecule has 20 heavy (non-hydrogen) atoms. The van der Waals surface area contributed by atoms with E-state index in [1.54, 1.807) is 0 Å². The third-order valence-corrected chi connectivity index (χ3v) is 4.37. The normalized spacial score (nSPS) is 23.7. The SMILES string of the molecule is CCN(Cc1noc(C(C)C)n1)C1CCCCC1CN. The van der Waals surface area contributed by atoms with Crippen molar-refractivity contribution in [2.75, 3.05) is 13.1 Å². The number of rotatable bonds is 6. The van der Waals surface area contributed by atoms with Crippen LogP contribution in [0.1, 0.15) is 64.1 Å². The van der Waals surface area contributed by atoms with Crippen LogP contribution < -0.4 is 5.73 Å². The highest BCUT2D eigenvalue weighted by Crippen LogP contribution is 2.28. The number of hydrogen-bond acceptors (Lipinski definition) is 5. The molecule has 0 saturated heterocycles. The third-order valence-electron chi connectivity index (χ3n) is 4.37. The molecule has 1 aliphatic rings. The zero-order valence-corrected chi connectivity index (χ0v) is 13.0. The largest absolute Gasteiger partial charge is 0.339 e. The standard InChI is InChI=1S/C15H28N4O/c1-4-19(13-8-6-5-7-12(13)9-16)10-14-17-15(11(2)3)20-18-14/h11-13H,4-10,16H2,1-3H3. The summed E-state index contributed by atoms with van der Waals surface area (Å²) >= 11 is 0. The summed E-state index contributed by atoms with van der Waals surface area (Å²) in [6.07, 6.45) is 5.11. The summed E-state index contributed by atoms with van der Waals surface area (Å²) in [7, 11) is 0. The third kappa shape index (κ3) is 3.58. The molecule has 0 spiro atoms. The van der Waals surface area contributed by atoms with Crippen LogP contribution in [0, 0.1) is 5.92 Å². The topological polar surface area (TPSA) is 68.2 Å². The highest BCUT2D eigenvalue weighted by Gasteiger charge is 2.29. The Morgan fingerprint density at radius 3 is 2.70 bits per heavy atom. The molecule has 2 unspecified atom stereocenters. The summed E-state index contributed by atoms with van der Waals surface area (Å²) in [5, 5.41) is 4.11. The Hall–Kier alpha value is -0.940. The Bertz CT molecular complexity index is 404. The molecule has 0 aliphatic heterocycles. The van der Waals surface area contributed by atoms with Crippen molar-refractivity contribution in [1.82, 2.24) is 15.0 Å². The van der Waals surface area contributed by atoms with Crippen LogP contribution in [0.3, 0.4) is 0 Å². The summed E-state index contributed by atoms with van der Waals surface area (Å²) in [5.74, 6) is 2.44. The average molecular weight is 280 g/mol. The van der Waals surface area contributed by atoms with Gasteiger partial charge in [0, 0.05) is 12.0 Å². The van der Waals surface area contributed by atoms with Crippen LogP contribution in [0.15, 0.2) is 4.52 Å². The van der Waals surface area contributed by atoms with Crippen LogP contribution in [0.25, 0.3) is 0 Å². The Morgan fingerprint density at radius 1 is 1.35 bits per heavy atom. The van der Waals surface area contributed by atoms with Gasteiger partial charge in [0.15, 0.2) is 5.82 Å². The molecule has 2 atom stereocenters. The summed E-state index contributed by atoms with van der Waals surface area (Å²) in [6.45, 7) is 8.90. The van der Waals surface area contributed by atoms with Crippen molar-refractivity contribution in [2.24, 2.45) is 11.7 Å². The van der Waals surface area contributed by atoms with Crippen molar-refractivity contribution in [3.63, 3.8) is 0 Å². The van der Waals surface area contributed by atoms with E-state index in [4.69, 9.17) is 10.3 Å². The van der Waals surface area contributed by atoms with Crippen molar-refractivity contribution in [1.29, 1.82) is 0 Å². The molecule has 2 rings (SSSR count). The second-order valence-corrected chi connectivity index (χ2v) is 6.11. The molecule has 1 fully saturated rings. The molecule has 1 saturated carbocycles. The zero-order chi connectivity index (χ0) is 14.5. The number of aromatic nitrogens is 2. The lowest BCUT2D eigenvalue weighted by molar-refractivity contribution is 0.102. The quantitative estimate of drug-likeness (QED) is 0.867. The molecule has 5 nitrogen and oxygen atoms in total. The molecule has 0 bridgehead atoms. The van der Waals surface area contributed by atoms with Gasteiger partial charge in [-0.25, -0.2) is 0 Å². The van der Waals surface area contributed by atoms with Crippen molar-refractivity contribution < 1.29 is 4.52 Å². The summed E-state index contributed by atoms with van der Waals surface area (Å²) in [4.78, 5) is 6.96. The molecule has 1 aliphatic carbocycles. The van der Waals surface area contributed by atoms with E-state index in [1.165, 1.54) is 25.7 Å². The molecule has 2 N–H and O–H groups in total.